The van der Waals surface area contributed by atoms with E-state index in [1.165, 1.54) is 0 Å². The first-order chi connectivity index (χ1) is 27.4. The minimum Gasteiger partial charge on any atom is -0.488 e. The Bertz CT molecular complexity index is 2290. The summed E-state index contributed by atoms with van der Waals surface area (Å²) in [5.74, 6) is -0.368. The van der Waals surface area contributed by atoms with Gasteiger partial charge in [-0.3, -0.25) is 14.5 Å². The van der Waals surface area contributed by atoms with Gasteiger partial charge in [-0.05, 0) is 91.5 Å². The number of carbonyl (C=O) groups is 2. The lowest BCUT2D eigenvalue weighted by molar-refractivity contribution is -0.393. The lowest BCUT2D eigenvalue weighted by Crippen LogP contribution is -2.50. The normalized spacial score (nSPS) is 24.2. The summed E-state index contributed by atoms with van der Waals surface area (Å²) in [6.07, 6.45) is 3.18. The second-order valence-corrected chi connectivity index (χ2v) is 17.8. The summed E-state index contributed by atoms with van der Waals surface area (Å²) in [7, 11) is 3.87. The molecule has 5 aliphatic rings. The van der Waals surface area contributed by atoms with E-state index in [1.54, 1.807) is 0 Å². The smallest absolute Gasteiger partial charge is 0.370 e. The molecule has 0 bridgehead atoms. The molecule has 0 radical (unpaired) electrons. The second-order valence-electron chi connectivity index (χ2n) is 17.8. The number of nitroso groups, excluding NO2 is 1. The van der Waals surface area contributed by atoms with Crippen LogP contribution in [0.2, 0.25) is 0 Å². The number of nitrogens with zero attached hydrogens (tertiary/aromatic N) is 4. The Kier molecular flexibility index (Phi) is 9.23. The van der Waals surface area contributed by atoms with E-state index in [1.807, 2.05) is 79.7 Å². The molecule has 5 atom stereocenters. The zero-order chi connectivity index (χ0) is 39.8. The molecule has 3 aliphatic carbocycles. The Morgan fingerprint density at radius 1 is 0.982 bits per heavy atom. The van der Waals surface area contributed by atoms with Crippen molar-refractivity contribution in [1.82, 2.24) is 15.4 Å². The van der Waals surface area contributed by atoms with Gasteiger partial charge in [-0.15, -0.1) is 0 Å². The number of Topliss-reactive ketones (excluding diaryl/α,β-unsaturated/α-hetero) is 2. The summed E-state index contributed by atoms with van der Waals surface area (Å²) in [6.45, 7) is 11.8. The molecule has 0 saturated carbocycles. The second kappa shape index (κ2) is 14.1. The van der Waals surface area contributed by atoms with Crippen molar-refractivity contribution in [2.45, 2.75) is 90.8 Å². The van der Waals surface area contributed by atoms with Gasteiger partial charge in [0.15, 0.2) is 11.5 Å². The minimum absolute atomic E-state index is 0.0489. The Labute approximate surface area is 333 Å². The average molecular weight is 771 g/mol. The van der Waals surface area contributed by atoms with Gasteiger partial charge in [-0.2, -0.15) is 0 Å². The number of hydrogen-bond acceptors (Lipinski definition) is 10. The topological polar surface area (TPSA) is 117 Å². The number of aromatic nitrogens is 1. The molecule has 1 aromatic heterocycles. The average Bonchev–Trinajstić information content (AvgIpc) is 3.53. The summed E-state index contributed by atoms with van der Waals surface area (Å²) >= 11 is 0. The SMILES string of the molecule is CC(NCc1cc(OCc2ccccc2)c2c(c1N1CCCC1)CC1CC3C(N(C)C)c4onc(OCc5ccccc5)c4C(=O)C34C(=C1C2=O)[N+]4=O)C(C)(C)C. The van der Waals surface area contributed by atoms with E-state index in [9.17, 15) is 9.70 Å². The van der Waals surface area contributed by atoms with Crippen LogP contribution in [0.25, 0.3) is 0 Å². The minimum atomic E-state index is -1.53. The quantitative estimate of drug-likeness (QED) is 0.121. The van der Waals surface area contributed by atoms with Crippen LogP contribution in [0.15, 0.2) is 82.5 Å². The van der Waals surface area contributed by atoms with Gasteiger partial charge in [-0.1, -0.05) is 81.4 Å². The highest BCUT2D eigenvalue weighted by Crippen LogP contribution is 2.66. The van der Waals surface area contributed by atoms with E-state index in [0.717, 1.165) is 58.6 Å². The maximum Gasteiger partial charge on any atom is 0.370 e. The van der Waals surface area contributed by atoms with Crippen LogP contribution >= 0.6 is 0 Å². The number of rotatable bonds is 11. The molecule has 57 heavy (non-hydrogen) atoms. The summed E-state index contributed by atoms with van der Waals surface area (Å²) in [5.41, 5.74) is 5.02. The highest BCUT2D eigenvalue weighted by atomic mass is 16.5. The molecule has 3 aromatic carbocycles. The summed E-state index contributed by atoms with van der Waals surface area (Å²) < 4.78 is 19.5. The molecule has 11 heteroatoms. The molecule has 3 heterocycles. The number of allylic oxidation sites excluding steroid dienone is 1. The van der Waals surface area contributed by atoms with E-state index >= 15 is 4.79 Å². The fraction of sp³-hybridized carbons (Fsp3) is 0.457. The zero-order valence-electron chi connectivity index (χ0n) is 33.8. The lowest BCUT2D eigenvalue weighted by Gasteiger charge is -2.39. The highest BCUT2D eigenvalue weighted by molar-refractivity contribution is 6.18. The molecule has 2 saturated heterocycles. The Hall–Kier alpha value is -5.13. The first-order valence-corrected chi connectivity index (χ1v) is 20.4. The van der Waals surface area contributed by atoms with Crippen LogP contribution in [0, 0.1) is 22.2 Å². The number of ketones is 2. The van der Waals surface area contributed by atoms with Gasteiger partial charge in [0.25, 0.3) is 11.7 Å². The number of carbonyl (C=O) groups excluding carboxylic acids is 2. The predicted octanol–water partition coefficient (Wildman–Crippen LogP) is 7.62. The van der Waals surface area contributed by atoms with Gasteiger partial charge in [0, 0.05) is 36.3 Å². The number of anilines is 1. The highest BCUT2D eigenvalue weighted by Gasteiger charge is 2.89. The Balaban J connectivity index is 1.16. The predicted molar refractivity (Wildman–Crippen MR) is 215 cm³/mol. The maximum atomic E-state index is 15.3. The van der Waals surface area contributed by atoms with Crippen LogP contribution in [0.3, 0.4) is 0 Å². The molecule has 0 amide bonds. The van der Waals surface area contributed by atoms with Crippen molar-refractivity contribution in [2.24, 2.45) is 17.3 Å². The van der Waals surface area contributed by atoms with Gasteiger partial charge >= 0.3 is 11.2 Å². The van der Waals surface area contributed by atoms with Crippen molar-refractivity contribution in [1.29, 1.82) is 0 Å². The van der Waals surface area contributed by atoms with E-state index in [0.29, 0.717) is 42.0 Å². The van der Waals surface area contributed by atoms with Crippen LogP contribution in [0.5, 0.6) is 11.6 Å². The third kappa shape index (κ3) is 6.04. The number of ether oxygens (including phenoxy) is 2. The van der Waals surface area contributed by atoms with E-state index < -0.39 is 23.3 Å². The molecular weight excluding hydrogens is 719 g/mol. The van der Waals surface area contributed by atoms with Crippen LogP contribution in [-0.2, 0) is 26.2 Å². The van der Waals surface area contributed by atoms with Crippen LogP contribution < -0.4 is 19.7 Å². The molecule has 4 aromatic rings. The van der Waals surface area contributed by atoms with Crippen molar-refractivity contribution in [3.05, 3.63) is 122 Å². The first kappa shape index (κ1) is 37.4. The standard InChI is InChI=1S/C46H52N5O6/c1-27(45(2,3)4)47-24-31-23-34(55-25-28-15-9-7-10-16-28)36-32(38(31)50-19-13-14-20-50)21-30-22-33-39(49(5)6)41-37(43(53)46(33)42(51(46)54)35(30)40(36)52)44(48-57-41)56-26-29-17-11-8-12-18-29/h7-12,15-18,23,27,30,33,39,47H,13-14,19-22,24-26H2,1-6H3/q+1. The number of hydrogen-bond donors (Lipinski definition) is 1. The number of fused-ring (bicyclic) bond motifs is 3. The van der Waals surface area contributed by atoms with Gasteiger partial charge in [-0.25, -0.2) is 0 Å². The van der Waals surface area contributed by atoms with Crippen LogP contribution in [-0.4, -0.2) is 65.1 Å². The molecule has 11 nitrogen and oxygen atoms in total. The fourth-order valence-electron chi connectivity index (χ4n) is 9.84. The van der Waals surface area contributed by atoms with Crippen LogP contribution in [0.4, 0.5) is 5.69 Å². The Morgan fingerprint density at radius 3 is 2.26 bits per heavy atom. The molecule has 2 fully saturated rings. The van der Waals surface area contributed by atoms with E-state index in [2.05, 4.69) is 49.1 Å². The molecule has 1 N–H and O–H groups in total. The third-order valence-corrected chi connectivity index (χ3v) is 13.2. The molecule has 9 rings (SSSR count). The number of nitrogens with one attached hydrogen (secondary N) is 1. The fourth-order valence-corrected chi connectivity index (χ4v) is 9.84. The first-order valence-electron chi connectivity index (χ1n) is 20.4. The molecule has 296 valence electrons. The van der Waals surface area contributed by atoms with Gasteiger partial charge in [0.05, 0.1) is 27.9 Å². The maximum absolute atomic E-state index is 15.3. The number of benzene rings is 3. The van der Waals surface area contributed by atoms with Crippen molar-refractivity contribution in [2.75, 3.05) is 32.1 Å². The van der Waals surface area contributed by atoms with Crippen molar-refractivity contribution >= 4 is 17.3 Å². The monoisotopic (exact) mass is 770 g/mol. The van der Waals surface area contributed by atoms with Crippen molar-refractivity contribution < 1.29 is 28.3 Å². The van der Waals surface area contributed by atoms with Crippen LogP contribution in [0.1, 0.15) is 102 Å². The summed E-state index contributed by atoms with van der Waals surface area (Å²) in [5, 5.41) is 8.05. The lowest BCUT2D eigenvalue weighted by atomic mass is 9.61. The van der Waals surface area contributed by atoms with Gasteiger partial charge < -0.3 is 24.2 Å². The third-order valence-electron chi connectivity index (χ3n) is 13.2. The molecule has 1 spiro atoms. The van der Waals surface area contributed by atoms with E-state index in [-0.39, 0.29) is 53.5 Å². The summed E-state index contributed by atoms with van der Waals surface area (Å²) in [4.78, 5) is 49.1. The summed E-state index contributed by atoms with van der Waals surface area (Å²) in [6, 6.07) is 21.4. The zero-order valence-corrected chi connectivity index (χ0v) is 33.8. The van der Waals surface area contributed by atoms with Gasteiger partial charge in [0.1, 0.15) is 24.5 Å². The molecular formula is C46H52N5O6+. The van der Waals surface area contributed by atoms with E-state index in [4.69, 9.17) is 14.0 Å². The largest absolute Gasteiger partial charge is 0.488 e. The van der Waals surface area contributed by atoms with Gasteiger partial charge in [0.2, 0.25) is 0 Å². The van der Waals surface area contributed by atoms with Crippen molar-refractivity contribution in [3.63, 3.8) is 0 Å². The Morgan fingerprint density at radius 2 is 1.63 bits per heavy atom. The van der Waals surface area contributed by atoms with Crippen molar-refractivity contribution in [3.8, 4) is 11.6 Å². The molecule has 2 aliphatic heterocycles. The molecule has 5 unspecified atom stereocenters.